The molecule has 0 bridgehead atoms. The van der Waals surface area contributed by atoms with Crippen LogP contribution in [0.25, 0.3) is 0 Å². The molecule has 0 unspecified atom stereocenters. The first kappa shape index (κ1) is 17.8. The van der Waals surface area contributed by atoms with Crippen molar-refractivity contribution in [1.29, 1.82) is 0 Å². The lowest BCUT2D eigenvalue weighted by Crippen LogP contribution is -2.06. The number of carbonyl (C=O) groups excluding carboxylic acids is 2. The molecule has 0 radical (unpaired) electrons. The van der Waals surface area contributed by atoms with E-state index in [1.165, 1.54) is 11.1 Å². The van der Waals surface area contributed by atoms with E-state index in [0.717, 1.165) is 12.8 Å². The van der Waals surface area contributed by atoms with E-state index in [0.29, 0.717) is 22.3 Å². The number of rotatable bonds is 6. The molecule has 0 amide bonds. The second kappa shape index (κ2) is 7.92. The van der Waals surface area contributed by atoms with E-state index in [-0.39, 0.29) is 11.6 Å². The smallest absolute Gasteiger partial charge is 0.193 e. The van der Waals surface area contributed by atoms with Crippen LogP contribution >= 0.6 is 0 Å². The molecule has 0 fully saturated rings. The van der Waals surface area contributed by atoms with Crippen LogP contribution in [0.1, 0.15) is 56.8 Å². The Hall–Kier alpha value is -3.00. The average Bonchev–Trinajstić information content (AvgIpc) is 2.73. The third kappa shape index (κ3) is 3.80. The molecule has 130 valence electrons. The Morgan fingerprint density at radius 1 is 0.577 bits per heavy atom. The molecular weight excluding hydrogens is 320 g/mol. The summed E-state index contributed by atoms with van der Waals surface area (Å²) < 4.78 is 0. The van der Waals surface area contributed by atoms with Gasteiger partial charge in [-0.2, -0.15) is 0 Å². The normalized spacial score (nSPS) is 10.5. The summed E-state index contributed by atoms with van der Waals surface area (Å²) in [5, 5.41) is 0. The summed E-state index contributed by atoms with van der Waals surface area (Å²) in [5.74, 6) is -0.132. The summed E-state index contributed by atoms with van der Waals surface area (Å²) in [6.07, 6.45) is 1.88. The van der Waals surface area contributed by atoms with Gasteiger partial charge in [0.15, 0.2) is 11.6 Å². The van der Waals surface area contributed by atoms with E-state index >= 15 is 0 Å². The van der Waals surface area contributed by atoms with Crippen molar-refractivity contribution < 1.29 is 9.59 Å². The molecule has 0 atom stereocenters. The monoisotopic (exact) mass is 342 g/mol. The second-order valence-corrected chi connectivity index (χ2v) is 6.34. The third-order valence-corrected chi connectivity index (χ3v) is 4.64. The number of hydrogen-bond donors (Lipinski definition) is 0. The van der Waals surface area contributed by atoms with Crippen LogP contribution in [0.4, 0.5) is 0 Å². The Kier molecular flexibility index (Phi) is 5.43. The minimum Gasteiger partial charge on any atom is -0.289 e. The Bertz CT molecular complexity index is 844. The highest BCUT2D eigenvalue weighted by molar-refractivity contribution is 6.13. The predicted molar refractivity (Wildman–Crippen MR) is 105 cm³/mol. The van der Waals surface area contributed by atoms with Crippen molar-refractivity contribution in [3.8, 4) is 0 Å². The molecule has 0 aliphatic carbocycles. The molecule has 0 N–H and O–H groups in total. The molecule has 0 heterocycles. The van der Waals surface area contributed by atoms with E-state index in [4.69, 9.17) is 0 Å². The molecule has 3 rings (SSSR count). The molecule has 26 heavy (non-hydrogen) atoms. The second-order valence-electron chi connectivity index (χ2n) is 6.34. The van der Waals surface area contributed by atoms with Crippen molar-refractivity contribution in [2.45, 2.75) is 26.7 Å². The Morgan fingerprint density at radius 3 is 1.31 bits per heavy atom. The quantitative estimate of drug-likeness (QED) is 0.572. The molecule has 0 aliphatic rings. The third-order valence-electron chi connectivity index (χ3n) is 4.64. The van der Waals surface area contributed by atoms with Crippen molar-refractivity contribution in [2.75, 3.05) is 0 Å². The summed E-state index contributed by atoms with van der Waals surface area (Å²) in [6, 6.07) is 22.2. The highest BCUT2D eigenvalue weighted by Gasteiger charge is 2.14. The average molecular weight is 342 g/mol. The molecule has 0 aromatic heterocycles. The maximum Gasteiger partial charge on any atom is 0.193 e. The van der Waals surface area contributed by atoms with Crippen LogP contribution in [0.2, 0.25) is 0 Å². The molecule has 0 aliphatic heterocycles. The lowest BCUT2D eigenvalue weighted by molar-refractivity contribution is 0.103. The van der Waals surface area contributed by atoms with Gasteiger partial charge in [-0.1, -0.05) is 80.6 Å². The zero-order chi connectivity index (χ0) is 18.5. The van der Waals surface area contributed by atoms with Gasteiger partial charge in [0, 0.05) is 22.3 Å². The molecule has 3 aromatic rings. The zero-order valence-electron chi connectivity index (χ0n) is 15.2. The summed E-state index contributed by atoms with van der Waals surface area (Å²) >= 11 is 0. The fraction of sp³-hybridized carbons (Fsp3) is 0.167. The number of aryl methyl sites for hydroxylation is 2. The van der Waals surface area contributed by atoms with Gasteiger partial charge in [-0.25, -0.2) is 0 Å². The van der Waals surface area contributed by atoms with Crippen LogP contribution in [-0.4, -0.2) is 11.6 Å². The standard InChI is InChI=1S/C24H22O2/c1-3-17-8-12-19(13-9-17)23(25)21-6-5-7-22(16-21)24(26)20-14-10-18(4-2)11-15-20/h5-16H,3-4H2,1-2H3. The van der Waals surface area contributed by atoms with Gasteiger partial charge in [-0.15, -0.1) is 0 Å². The van der Waals surface area contributed by atoms with Gasteiger partial charge in [-0.3, -0.25) is 9.59 Å². The molecule has 0 spiro atoms. The van der Waals surface area contributed by atoms with Gasteiger partial charge in [0.2, 0.25) is 0 Å². The van der Waals surface area contributed by atoms with Gasteiger partial charge in [-0.05, 0) is 30.0 Å². The molecule has 2 heteroatoms. The topological polar surface area (TPSA) is 34.1 Å². The Morgan fingerprint density at radius 2 is 0.962 bits per heavy atom. The summed E-state index contributed by atoms with van der Waals surface area (Å²) in [6.45, 7) is 4.16. The van der Waals surface area contributed by atoms with Crippen molar-refractivity contribution in [1.82, 2.24) is 0 Å². The molecule has 2 nitrogen and oxygen atoms in total. The van der Waals surface area contributed by atoms with E-state index in [9.17, 15) is 9.59 Å². The van der Waals surface area contributed by atoms with Crippen molar-refractivity contribution in [2.24, 2.45) is 0 Å². The fourth-order valence-electron chi connectivity index (χ4n) is 2.92. The highest BCUT2D eigenvalue weighted by atomic mass is 16.1. The van der Waals surface area contributed by atoms with Crippen molar-refractivity contribution in [3.63, 3.8) is 0 Å². The maximum atomic E-state index is 12.7. The summed E-state index contributed by atoms with van der Waals surface area (Å²) in [7, 11) is 0. The Labute approximate surface area is 154 Å². The molecular formula is C24H22O2. The number of carbonyl (C=O) groups is 2. The number of hydrogen-bond acceptors (Lipinski definition) is 2. The van der Waals surface area contributed by atoms with E-state index in [1.807, 2.05) is 48.5 Å². The molecule has 0 saturated heterocycles. The first-order valence-electron chi connectivity index (χ1n) is 8.99. The summed E-state index contributed by atoms with van der Waals surface area (Å²) in [5.41, 5.74) is 4.73. The molecule has 0 saturated carbocycles. The van der Waals surface area contributed by atoms with E-state index in [1.54, 1.807) is 24.3 Å². The van der Waals surface area contributed by atoms with Gasteiger partial charge in [0.1, 0.15) is 0 Å². The Balaban J connectivity index is 1.86. The number of ketones is 2. The van der Waals surface area contributed by atoms with Crippen LogP contribution in [0.3, 0.4) is 0 Å². The largest absolute Gasteiger partial charge is 0.289 e. The van der Waals surface area contributed by atoms with Crippen LogP contribution in [0, 0.1) is 0 Å². The van der Waals surface area contributed by atoms with Crippen molar-refractivity contribution >= 4 is 11.6 Å². The SMILES string of the molecule is CCc1ccc(C(=O)c2cccc(C(=O)c3ccc(CC)cc3)c2)cc1. The van der Waals surface area contributed by atoms with Gasteiger partial charge >= 0.3 is 0 Å². The van der Waals surface area contributed by atoms with Crippen LogP contribution in [0.5, 0.6) is 0 Å². The maximum absolute atomic E-state index is 12.7. The van der Waals surface area contributed by atoms with E-state index in [2.05, 4.69) is 13.8 Å². The van der Waals surface area contributed by atoms with Crippen molar-refractivity contribution in [3.05, 3.63) is 106 Å². The van der Waals surface area contributed by atoms with Crippen LogP contribution < -0.4 is 0 Å². The predicted octanol–water partition coefficient (Wildman–Crippen LogP) is 5.27. The van der Waals surface area contributed by atoms with Gasteiger partial charge < -0.3 is 0 Å². The zero-order valence-corrected chi connectivity index (χ0v) is 15.2. The number of benzene rings is 3. The van der Waals surface area contributed by atoms with Gasteiger partial charge in [0.25, 0.3) is 0 Å². The lowest BCUT2D eigenvalue weighted by Gasteiger charge is -2.06. The van der Waals surface area contributed by atoms with E-state index < -0.39 is 0 Å². The first-order chi connectivity index (χ1) is 12.6. The van der Waals surface area contributed by atoms with Crippen LogP contribution in [0.15, 0.2) is 72.8 Å². The highest BCUT2D eigenvalue weighted by Crippen LogP contribution is 2.16. The van der Waals surface area contributed by atoms with Crippen LogP contribution in [-0.2, 0) is 12.8 Å². The molecule has 3 aromatic carbocycles. The minimum absolute atomic E-state index is 0.0661. The summed E-state index contributed by atoms with van der Waals surface area (Å²) in [4.78, 5) is 25.5. The van der Waals surface area contributed by atoms with Gasteiger partial charge in [0.05, 0.1) is 0 Å². The first-order valence-corrected chi connectivity index (χ1v) is 8.99. The minimum atomic E-state index is -0.0661. The lowest BCUT2D eigenvalue weighted by atomic mass is 9.96. The fourth-order valence-corrected chi connectivity index (χ4v) is 2.92.